The van der Waals surface area contributed by atoms with Crippen molar-refractivity contribution in [2.24, 2.45) is 0 Å². The van der Waals surface area contributed by atoms with Crippen LogP contribution in [0.25, 0.3) is 0 Å². The molecule has 0 spiro atoms. The van der Waals surface area contributed by atoms with Crippen LogP contribution in [0.5, 0.6) is 5.75 Å². The van der Waals surface area contributed by atoms with E-state index in [-0.39, 0.29) is 12.3 Å². The number of nitrogens with one attached hydrogen (secondary N) is 1. The summed E-state index contributed by atoms with van der Waals surface area (Å²) in [6, 6.07) is 13.3. The second kappa shape index (κ2) is 8.10. The number of hydrogen-bond donors (Lipinski definition) is 1. The van der Waals surface area contributed by atoms with Crippen LogP contribution in [0.4, 0.5) is 5.82 Å². The van der Waals surface area contributed by atoms with Gasteiger partial charge in [-0.05, 0) is 30.2 Å². The number of para-hydroxylation sites is 1. The van der Waals surface area contributed by atoms with E-state index in [0.29, 0.717) is 11.6 Å². The van der Waals surface area contributed by atoms with E-state index in [9.17, 15) is 4.79 Å². The molecule has 2 aromatic heterocycles. The maximum Gasteiger partial charge on any atom is 0.230 e. The highest BCUT2D eigenvalue weighted by Crippen LogP contribution is 2.18. The second-order valence-electron chi connectivity index (χ2n) is 5.61. The molecule has 3 rings (SSSR count). The SMILES string of the molecule is COc1ccccc1CC(=O)Nc1ccn(CCc2ccncc2)n1. The number of methoxy groups -OCH3 is 1. The van der Waals surface area contributed by atoms with Crippen LogP contribution in [0.3, 0.4) is 0 Å². The van der Waals surface area contributed by atoms with Crippen molar-refractivity contribution in [2.75, 3.05) is 12.4 Å². The van der Waals surface area contributed by atoms with Crippen LogP contribution >= 0.6 is 0 Å². The molecule has 1 aromatic carbocycles. The topological polar surface area (TPSA) is 69.0 Å². The van der Waals surface area contributed by atoms with E-state index < -0.39 is 0 Å². The summed E-state index contributed by atoms with van der Waals surface area (Å²) in [6.45, 7) is 0.742. The number of carbonyl (C=O) groups is 1. The van der Waals surface area contributed by atoms with Gasteiger partial charge in [-0.3, -0.25) is 14.5 Å². The van der Waals surface area contributed by atoms with Crippen molar-refractivity contribution in [3.05, 3.63) is 72.2 Å². The third-order valence-electron chi connectivity index (χ3n) is 3.83. The van der Waals surface area contributed by atoms with Gasteiger partial charge in [-0.25, -0.2) is 0 Å². The van der Waals surface area contributed by atoms with Crippen LogP contribution in [0.1, 0.15) is 11.1 Å². The highest BCUT2D eigenvalue weighted by molar-refractivity contribution is 5.91. The molecule has 3 aromatic rings. The van der Waals surface area contributed by atoms with Gasteiger partial charge in [0, 0.05) is 36.8 Å². The quantitative estimate of drug-likeness (QED) is 0.720. The van der Waals surface area contributed by atoms with E-state index in [1.54, 1.807) is 25.6 Å². The fraction of sp³-hybridized carbons (Fsp3) is 0.211. The van der Waals surface area contributed by atoms with Crippen LogP contribution < -0.4 is 10.1 Å². The Balaban J connectivity index is 1.55. The Morgan fingerprint density at radius 1 is 1.16 bits per heavy atom. The number of benzene rings is 1. The summed E-state index contributed by atoms with van der Waals surface area (Å²) in [7, 11) is 1.60. The summed E-state index contributed by atoms with van der Waals surface area (Å²) in [4.78, 5) is 16.2. The zero-order valence-electron chi connectivity index (χ0n) is 14.1. The molecule has 0 radical (unpaired) electrons. The molecule has 0 aliphatic rings. The van der Waals surface area contributed by atoms with E-state index in [0.717, 1.165) is 18.5 Å². The first kappa shape index (κ1) is 16.7. The minimum atomic E-state index is -0.121. The largest absolute Gasteiger partial charge is 0.496 e. The molecule has 1 N–H and O–H groups in total. The predicted octanol–water partition coefficient (Wildman–Crippen LogP) is 2.71. The molecule has 0 saturated heterocycles. The number of anilines is 1. The molecule has 0 bridgehead atoms. The fourth-order valence-electron chi connectivity index (χ4n) is 2.56. The number of hydrogen-bond acceptors (Lipinski definition) is 4. The monoisotopic (exact) mass is 336 g/mol. The van der Waals surface area contributed by atoms with Gasteiger partial charge in [-0.15, -0.1) is 0 Å². The first-order valence-corrected chi connectivity index (χ1v) is 8.08. The van der Waals surface area contributed by atoms with Crippen molar-refractivity contribution >= 4 is 11.7 Å². The maximum absolute atomic E-state index is 12.2. The molecule has 0 unspecified atom stereocenters. The summed E-state index contributed by atoms with van der Waals surface area (Å²) in [5, 5.41) is 7.21. The fourth-order valence-corrected chi connectivity index (χ4v) is 2.56. The van der Waals surface area contributed by atoms with E-state index in [2.05, 4.69) is 15.4 Å². The molecular weight excluding hydrogens is 316 g/mol. The maximum atomic E-state index is 12.2. The zero-order chi connectivity index (χ0) is 17.5. The molecular formula is C19H20N4O2. The highest BCUT2D eigenvalue weighted by Gasteiger charge is 2.10. The number of aromatic nitrogens is 3. The summed E-state index contributed by atoms with van der Waals surface area (Å²) in [5.41, 5.74) is 2.05. The van der Waals surface area contributed by atoms with Crippen molar-refractivity contribution in [3.8, 4) is 5.75 Å². The van der Waals surface area contributed by atoms with Crippen molar-refractivity contribution in [3.63, 3.8) is 0 Å². The van der Waals surface area contributed by atoms with Gasteiger partial charge >= 0.3 is 0 Å². The first-order chi connectivity index (χ1) is 12.2. The average Bonchev–Trinajstić information content (AvgIpc) is 3.08. The van der Waals surface area contributed by atoms with E-state index >= 15 is 0 Å². The molecule has 6 nitrogen and oxygen atoms in total. The van der Waals surface area contributed by atoms with Gasteiger partial charge < -0.3 is 10.1 Å². The number of nitrogens with zero attached hydrogens (tertiary/aromatic N) is 3. The van der Waals surface area contributed by atoms with Crippen LogP contribution in [0.15, 0.2) is 61.1 Å². The molecule has 128 valence electrons. The van der Waals surface area contributed by atoms with E-state index in [4.69, 9.17) is 4.74 Å². The standard InChI is InChI=1S/C19H20N4O2/c1-25-17-5-3-2-4-16(17)14-19(24)21-18-9-13-23(22-18)12-8-15-6-10-20-11-7-15/h2-7,9-11,13H,8,12,14H2,1H3,(H,21,22,24). The number of amides is 1. The van der Waals surface area contributed by atoms with Gasteiger partial charge in [0.15, 0.2) is 5.82 Å². The summed E-state index contributed by atoms with van der Waals surface area (Å²) < 4.78 is 7.09. The Hall–Kier alpha value is -3.15. The smallest absolute Gasteiger partial charge is 0.230 e. The summed E-state index contributed by atoms with van der Waals surface area (Å²) >= 11 is 0. The Bertz CT molecular complexity index is 830. The number of aryl methyl sites for hydroxylation is 2. The lowest BCUT2D eigenvalue weighted by atomic mass is 10.1. The van der Waals surface area contributed by atoms with Gasteiger partial charge in [0.25, 0.3) is 0 Å². The minimum Gasteiger partial charge on any atom is -0.496 e. The first-order valence-electron chi connectivity index (χ1n) is 8.08. The number of carbonyl (C=O) groups excluding carboxylic acids is 1. The molecule has 0 fully saturated rings. The van der Waals surface area contributed by atoms with Gasteiger partial charge in [0.2, 0.25) is 5.91 Å². The normalized spacial score (nSPS) is 10.4. The highest BCUT2D eigenvalue weighted by atomic mass is 16.5. The third-order valence-corrected chi connectivity index (χ3v) is 3.83. The van der Waals surface area contributed by atoms with Gasteiger partial charge in [0.05, 0.1) is 13.5 Å². The molecule has 0 saturated carbocycles. The third kappa shape index (κ3) is 4.67. The molecule has 25 heavy (non-hydrogen) atoms. The van der Waals surface area contributed by atoms with Crippen LogP contribution in [0.2, 0.25) is 0 Å². The Kier molecular flexibility index (Phi) is 5.41. The Morgan fingerprint density at radius 3 is 2.76 bits per heavy atom. The number of ether oxygens (including phenoxy) is 1. The average molecular weight is 336 g/mol. The van der Waals surface area contributed by atoms with Gasteiger partial charge in [-0.2, -0.15) is 5.10 Å². The van der Waals surface area contributed by atoms with Crippen LogP contribution in [-0.2, 0) is 24.2 Å². The summed E-state index contributed by atoms with van der Waals surface area (Å²) in [5.74, 6) is 1.14. The molecule has 0 aliphatic carbocycles. The van der Waals surface area contributed by atoms with Gasteiger partial charge in [-0.1, -0.05) is 18.2 Å². The Labute approximate surface area is 146 Å². The molecule has 0 aliphatic heterocycles. The molecule has 2 heterocycles. The lowest BCUT2D eigenvalue weighted by Gasteiger charge is -2.07. The molecule has 0 atom stereocenters. The molecule has 6 heteroatoms. The number of rotatable bonds is 7. The van der Waals surface area contributed by atoms with Crippen molar-refractivity contribution in [1.82, 2.24) is 14.8 Å². The van der Waals surface area contributed by atoms with E-state index in [1.165, 1.54) is 5.56 Å². The second-order valence-corrected chi connectivity index (χ2v) is 5.61. The van der Waals surface area contributed by atoms with Crippen molar-refractivity contribution in [1.29, 1.82) is 0 Å². The van der Waals surface area contributed by atoms with Crippen LogP contribution in [0, 0.1) is 0 Å². The zero-order valence-corrected chi connectivity index (χ0v) is 14.1. The number of pyridine rings is 1. The predicted molar refractivity (Wildman–Crippen MR) is 95.5 cm³/mol. The van der Waals surface area contributed by atoms with Gasteiger partial charge in [0.1, 0.15) is 5.75 Å². The van der Waals surface area contributed by atoms with Crippen LogP contribution in [-0.4, -0.2) is 27.8 Å². The molecule has 1 amide bonds. The lowest BCUT2D eigenvalue weighted by molar-refractivity contribution is -0.115. The lowest BCUT2D eigenvalue weighted by Crippen LogP contribution is -2.15. The summed E-state index contributed by atoms with van der Waals surface area (Å²) in [6.07, 6.45) is 6.52. The van der Waals surface area contributed by atoms with Crippen molar-refractivity contribution < 1.29 is 9.53 Å². The van der Waals surface area contributed by atoms with E-state index in [1.807, 2.05) is 47.3 Å². The minimum absolute atomic E-state index is 0.121. The Morgan fingerprint density at radius 2 is 1.96 bits per heavy atom. The van der Waals surface area contributed by atoms with Crippen molar-refractivity contribution in [2.45, 2.75) is 19.4 Å².